The number of aromatic carboxylic acids is 1. The van der Waals surface area contributed by atoms with Crippen LogP contribution in [-0.4, -0.2) is 66.9 Å². The Morgan fingerprint density at radius 1 is 1.17 bits per heavy atom. The molecule has 1 N–H and O–H groups in total. The van der Waals surface area contributed by atoms with E-state index >= 15 is 4.39 Å². The van der Waals surface area contributed by atoms with E-state index in [1.165, 1.54) is 30.3 Å². The fraction of sp³-hybridized carbons (Fsp3) is 0.344. The second-order valence-corrected chi connectivity index (χ2v) is 12.1. The first-order chi connectivity index (χ1) is 21.8. The number of fused-ring (bicyclic) bond motifs is 1. The Morgan fingerprint density at radius 3 is 2.57 bits per heavy atom. The molecule has 14 heteroatoms. The van der Waals surface area contributed by atoms with Crippen molar-refractivity contribution in [3.8, 4) is 11.3 Å². The quantitative estimate of drug-likeness (QED) is 0.241. The number of carboxylic acid groups (broad SMARTS) is 1. The summed E-state index contributed by atoms with van der Waals surface area (Å²) < 4.78 is 60.8. The van der Waals surface area contributed by atoms with Crippen molar-refractivity contribution in [1.82, 2.24) is 24.2 Å². The molecule has 2 aromatic heterocycles. The summed E-state index contributed by atoms with van der Waals surface area (Å²) in [5.74, 6) is -3.95. The Morgan fingerprint density at radius 2 is 1.93 bits per heavy atom. The van der Waals surface area contributed by atoms with Gasteiger partial charge in [-0.25, -0.2) is 14.2 Å². The molecule has 0 spiro atoms. The van der Waals surface area contributed by atoms with Gasteiger partial charge in [-0.1, -0.05) is 23.7 Å². The minimum atomic E-state index is -4.63. The topological polar surface area (TPSA) is 110 Å². The lowest BCUT2D eigenvalue weighted by Crippen LogP contribution is -2.38. The molecule has 0 bridgehead atoms. The number of carbonyl (C=O) groups is 3. The number of alkyl halides is 3. The number of carbonyl (C=O) groups excluding carboxylic acids is 2. The molecule has 2 aliphatic carbocycles. The van der Waals surface area contributed by atoms with Crippen molar-refractivity contribution in [2.45, 2.75) is 50.2 Å². The average molecular weight is 658 g/mol. The number of amides is 1. The average Bonchev–Trinajstić information content (AvgIpc) is 3.53. The second-order valence-electron chi connectivity index (χ2n) is 11.7. The lowest BCUT2D eigenvalue weighted by molar-refractivity contribution is -0.160. The summed E-state index contributed by atoms with van der Waals surface area (Å²) in [5, 5.41) is 13.5. The van der Waals surface area contributed by atoms with E-state index in [0.29, 0.717) is 25.1 Å². The highest BCUT2D eigenvalue weighted by atomic mass is 35.5. The monoisotopic (exact) mass is 657 g/mol. The molecular weight excluding hydrogens is 630 g/mol. The van der Waals surface area contributed by atoms with E-state index in [1.54, 1.807) is 30.7 Å². The van der Waals surface area contributed by atoms with Crippen molar-refractivity contribution in [1.29, 1.82) is 0 Å². The van der Waals surface area contributed by atoms with E-state index in [0.717, 1.165) is 10.7 Å². The van der Waals surface area contributed by atoms with Crippen LogP contribution in [0.4, 0.5) is 17.6 Å². The molecule has 1 unspecified atom stereocenters. The van der Waals surface area contributed by atoms with Crippen LogP contribution in [0, 0.1) is 11.7 Å². The predicted octanol–water partition coefficient (Wildman–Crippen LogP) is 5.78. The van der Waals surface area contributed by atoms with Gasteiger partial charge in [-0.3, -0.25) is 9.59 Å². The van der Waals surface area contributed by atoms with Crippen molar-refractivity contribution in [3.05, 3.63) is 93.9 Å². The maximum atomic E-state index is 15.3. The van der Waals surface area contributed by atoms with Gasteiger partial charge in [0.1, 0.15) is 5.82 Å². The SMILES string of the molecule is CN(CCn1ccnc1)C(=O)C1CCc2c(-c3ccc(C(=O)O)cc3F)nn(C(=O)c3c(Cl)cccc3C3(C(F)(F)F)CC3)c2C1. The predicted molar refractivity (Wildman–Crippen MR) is 158 cm³/mol. The van der Waals surface area contributed by atoms with E-state index in [1.807, 2.05) is 4.57 Å². The Kier molecular flexibility index (Phi) is 7.99. The second kappa shape index (κ2) is 11.7. The summed E-state index contributed by atoms with van der Waals surface area (Å²) in [6.07, 6.45) is 0.562. The van der Waals surface area contributed by atoms with Gasteiger partial charge in [0.2, 0.25) is 5.91 Å². The van der Waals surface area contributed by atoms with E-state index in [-0.39, 0.29) is 70.3 Å². The van der Waals surface area contributed by atoms with Crippen LogP contribution < -0.4 is 0 Å². The van der Waals surface area contributed by atoms with Crippen molar-refractivity contribution >= 4 is 29.4 Å². The summed E-state index contributed by atoms with van der Waals surface area (Å²) in [6, 6.07) is 7.20. The summed E-state index contributed by atoms with van der Waals surface area (Å²) in [7, 11) is 1.66. The van der Waals surface area contributed by atoms with Crippen LogP contribution in [0.5, 0.6) is 0 Å². The van der Waals surface area contributed by atoms with Gasteiger partial charge in [0.05, 0.1) is 39.3 Å². The van der Waals surface area contributed by atoms with Crippen LogP contribution in [0.25, 0.3) is 11.3 Å². The van der Waals surface area contributed by atoms with Crippen molar-refractivity contribution in [2.75, 3.05) is 13.6 Å². The molecule has 6 rings (SSSR count). The molecule has 240 valence electrons. The minimum absolute atomic E-state index is 0.0152. The number of aromatic nitrogens is 4. The summed E-state index contributed by atoms with van der Waals surface area (Å²) in [6.45, 7) is 0.883. The van der Waals surface area contributed by atoms with Crippen LogP contribution in [0.2, 0.25) is 5.02 Å². The lowest BCUT2D eigenvalue weighted by Gasteiger charge is -2.28. The van der Waals surface area contributed by atoms with Crippen molar-refractivity contribution in [3.63, 3.8) is 0 Å². The Bertz CT molecular complexity index is 1850. The summed E-state index contributed by atoms with van der Waals surface area (Å²) >= 11 is 6.42. The third-order valence-electron chi connectivity index (χ3n) is 8.95. The van der Waals surface area contributed by atoms with Crippen LogP contribution in [0.15, 0.2) is 55.1 Å². The Hall–Kier alpha value is -4.52. The van der Waals surface area contributed by atoms with Gasteiger partial charge in [0.15, 0.2) is 0 Å². The van der Waals surface area contributed by atoms with Gasteiger partial charge in [-0.2, -0.15) is 23.0 Å². The molecule has 1 atom stereocenters. The van der Waals surface area contributed by atoms with Gasteiger partial charge in [0.25, 0.3) is 5.91 Å². The number of hydrogen-bond donors (Lipinski definition) is 1. The number of carboxylic acids is 1. The van der Waals surface area contributed by atoms with Crippen LogP contribution in [0.3, 0.4) is 0 Å². The Balaban J connectivity index is 1.42. The smallest absolute Gasteiger partial charge is 0.398 e. The molecular formula is C32H28ClF4N5O4. The molecule has 46 heavy (non-hydrogen) atoms. The molecule has 2 aliphatic rings. The van der Waals surface area contributed by atoms with Gasteiger partial charge in [-0.15, -0.1) is 0 Å². The van der Waals surface area contributed by atoms with Crippen molar-refractivity contribution < 1.29 is 37.1 Å². The molecule has 2 aromatic carbocycles. The van der Waals surface area contributed by atoms with Gasteiger partial charge in [-0.05, 0) is 55.5 Å². The largest absolute Gasteiger partial charge is 0.478 e. The van der Waals surface area contributed by atoms with E-state index in [4.69, 9.17) is 11.6 Å². The zero-order chi connectivity index (χ0) is 33.0. The van der Waals surface area contributed by atoms with Crippen LogP contribution >= 0.6 is 11.6 Å². The van der Waals surface area contributed by atoms with E-state index in [9.17, 15) is 32.7 Å². The van der Waals surface area contributed by atoms with Crippen molar-refractivity contribution in [2.24, 2.45) is 5.92 Å². The molecule has 9 nitrogen and oxygen atoms in total. The molecule has 0 saturated heterocycles. The molecule has 0 aliphatic heterocycles. The van der Waals surface area contributed by atoms with Gasteiger partial charge in [0, 0.05) is 56.0 Å². The fourth-order valence-corrected chi connectivity index (χ4v) is 6.49. The molecule has 1 amide bonds. The Labute approximate surface area is 265 Å². The number of halogens is 5. The zero-order valence-electron chi connectivity index (χ0n) is 24.5. The number of nitrogens with zero attached hydrogens (tertiary/aromatic N) is 5. The first-order valence-corrected chi connectivity index (χ1v) is 15.0. The normalized spacial score (nSPS) is 17.0. The zero-order valence-corrected chi connectivity index (χ0v) is 25.3. The number of hydrogen-bond acceptors (Lipinski definition) is 5. The summed E-state index contributed by atoms with van der Waals surface area (Å²) in [5.41, 5.74) is -2.47. The first-order valence-electron chi connectivity index (χ1n) is 14.6. The molecule has 2 heterocycles. The highest BCUT2D eigenvalue weighted by Crippen LogP contribution is 2.60. The lowest BCUT2D eigenvalue weighted by atomic mass is 9.84. The van der Waals surface area contributed by atoms with Gasteiger partial charge < -0.3 is 14.6 Å². The number of rotatable bonds is 8. The third-order valence-corrected chi connectivity index (χ3v) is 9.26. The van der Waals surface area contributed by atoms with Crippen LogP contribution in [0.1, 0.15) is 56.8 Å². The maximum absolute atomic E-state index is 15.3. The third kappa shape index (κ3) is 5.46. The molecule has 4 aromatic rings. The molecule has 1 fully saturated rings. The fourth-order valence-electron chi connectivity index (χ4n) is 6.23. The first kappa shape index (κ1) is 31.5. The van der Waals surface area contributed by atoms with E-state index < -0.39 is 35.2 Å². The van der Waals surface area contributed by atoms with E-state index in [2.05, 4.69) is 10.1 Å². The number of benzene rings is 2. The number of imidazole rings is 1. The van der Waals surface area contributed by atoms with Gasteiger partial charge >= 0.3 is 12.1 Å². The standard InChI is InChI=1S/C32H28ClF4N5O4/c1-40(13-14-41-12-11-38-17-41)28(43)18-5-8-21-25(16-18)42(39-27(21)20-7-6-19(30(45)46)15-24(20)34)29(44)26-22(3-2-4-23(26)33)31(9-10-31)32(35,36)37/h2-4,6-7,11-12,15,17-18H,5,8-10,13-14,16H2,1H3,(H,45,46). The summed E-state index contributed by atoms with van der Waals surface area (Å²) in [4.78, 5) is 44.8. The minimum Gasteiger partial charge on any atom is -0.478 e. The molecule has 1 saturated carbocycles. The highest BCUT2D eigenvalue weighted by Gasteiger charge is 2.65. The highest BCUT2D eigenvalue weighted by molar-refractivity contribution is 6.34. The maximum Gasteiger partial charge on any atom is 0.398 e. The molecule has 0 radical (unpaired) electrons. The number of likely N-dealkylation sites (N-methyl/N-ethyl adjacent to an activating group) is 1. The van der Waals surface area contributed by atoms with Crippen LogP contribution in [-0.2, 0) is 29.6 Å².